The van der Waals surface area contributed by atoms with Crippen molar-refractivity contribution in [1.82, 2.24) is 28.8 Å². The Hall–Kier alpha value is -1.06. The van der Waals surface area contributed by atoms with E-state index in [4.69, 9.17) is 15.0 Å². The second-order valence-electron chi connectivity index (χ2n) is 6.82. The van der Waals surface area contributed by atoms with Crippen LogP contribution < -0.4 is 40.2 Å². The predicted octanol–water partition coefficient (Wildman–Crippen LogP) is -3.24. The Morgan fingerprint density at radius 2 is 2.12 bits per heavy atom. The third-order valence-electron chi connectivity index (χ3n) is 4.65. The Labute approximate surface area is 209 Å². The number of aliphatic hydroxyl groups excluding tert-OH is 2. The van der Waals surface area contributed by atoms with E-state index in [-0.39, 0.29) is 35.4 Å². The fraction of sp³-hybridized carbons (Fsp3) is 0.500. The van der Waals surface area contributed by atoms with Gasteiger partial charge in [-0.2, -0.15) is 0 Å². The molecule has 1 unspecified atom stereocenters. The smallest absolute Gasteiger partial charge is 0.761 e. The van der Waals surface area contributed by atoms with Crippen molar-refractivity contribution in [2.45, 2.75) is 43.0 Å². The van der Waals surface area contributed by atoms with Crippen LogP contribution in [-0.4, -0.2) is 69.7 Å². The summed E-state index contributed by atoms with van der Waals surface area (Å²) in [5.74, 6) is 0.981. The summed E-state index contributed by atoms with van der Waals surface area (Å²) in [7, 11) is -4.47. The van der Waals surface area contributed by atoms with Crippen molar-refractivity contribution in [2.24, 2.45) is 0 Å². The topological polar surface area (TPSA) is 186 Å². The van der Waals surface area contributed by atoms with Gasteiger partial charge in [0.1, 0.15) is 30.2 Å². The number of fused-ring (bicyclic) bond motifs is 1. The zero-order valence-corrected chi connectivity index (χ0v) is 21.1. The number of nitrogen functional groups attached to an aromatic ring is 1. The normalized spacial score (nSPS) is 25.0. The van der Waals surface area contributed by atoms with E-state index in [2.05, 4.69) is 19.9 Å². The van der Waals surface area contributed by atoms with Crippen molar-refractivity contribution in [3.63, 3.8) is 0 Å². The summed E-state index contributed by atoms with van der Waals surface area (Å²) < 4.78 is 25.1. The Kier molecular flexibility index (Phi) is 8.36. The van der Waals surface area contributed by atoms with Gasteiger partial charge >= 0.3 is 29.6 Å². The molecule has 0 amide bonds. The molecule has 3 aromatic heterocycles. The zero-order valence-electron chi connectivity index (χ0n) is 17.4. The molecule has 0 aliphatic carbocycles. The van der Waals surface area contributed by atoms with Crippen LogP contribution in [0.25, 0.3) is 11.2 Å². The molecule has 4 N–H and O–H groups in total. The molecular weight excluding hydrogens is 472 g/mol. The molecule has 1 aliphatic rings. The summed E-state index contributed by atoms with van der Waals surface area (Å²) in [4.78, 5) is 28.7. The summed E-state index contributed by atoms with van der Waals surface area (Å²) in [5.41, 5.74) is 6.64. The maximum Gasteiger partial charge on any atom is 1.00 e. The molecule has 4 heterocycles. The van der Waals surface area contributed by atoms with Crippen molar-refractivity contribution in [3.8, 4) is 0 Å². The van der Waals surface area contributed by atoms with Crippen LogP contribution in [0, 0.1) is 0 Å². The van der Waals surface area contributed by atoms with Crippen LogP contribution in [0.5, 0.6) is 0 Å². The third-order valence-corrected chi connectivity index (χ3v) is 6.98. The number of rotatable bonds is 8. The quantitative estimate of drug-likeness (QED) is 0.123. The number of hydrogen-bond donors (Lipinski definition) is 3. The van der Waals surface area contributed by atoms with Crippen molar-refractivity contribution in [2.75, 3.05) is 18.1 Å². The van der Waals surface area contributed by atoms with E-state index in [1.54, 1.807) is 0 Å². The Morgan fingerprint density at radius 1 is 1.34 bits per heavy atom. The maximum absolute atomic E-state index is 12.2. The largest absolute Gasteiger partial charge is 1.00 e. The van der Waals surface area contributed by atoms with Gasteiger partial charge in [-0.3, -0.25) is 13.5 Å². The number of thioether (sulfide) groups is 1. The standard InChI is InChI=1S/C16H22N7O6PS.Na/c1-2-5-31-16-20-13(17)10-14(21-16)23(8-19-10)15-12(25)11(24)9(29-15)6-28-30(26,27)22-4-3-18-7-22;/h3-4,7-9,11-12,15,24-25H,2,5-6H2,1H3,(H,26,27)(H2,17,20,21);/q;+1/p-1/t9-,11-,12-,15-;/m1./s1. The first-order valence-electron chi connectivity index (χ1n) is 9.40. The molecule has 1 fully saturated rings. The molecule has 32 heavy (non-hydrogen) atoms. The minimum atomic E-state index is -4.47. The van der Waals surface area contributed by atoms with Gasteiger partial charge in [-0.25, -0.2) is 19.9 Å². The molecule has 5 atom stereocenters. The fourth-order valence-electron chi connectivity index (χ4n) is 3.09. The number of hydrogen-bond acceptors (Lipinski definition) is 12. The van der Waals surface area contributed by atoms with Crippen molar-refractivity contribution < 1.29 is 58.5 Å². The number of ether oxygens (including phenoxy) is 1. The van der Waals surface area contributed by atoms with Gasteiger partial charge in [0.25, 0.3) is 0 Å². The van der Waals surface area contributed by atoms with Crippen molar-refractivity contribution in [3.05, 3.63) is 25.0 Å². The molecule has 0 aromatic carbocycles. The third kappa shape index (κ3) is 5.04. The first-order valence-corrected chi connectivity index (χ1v) is 11.9. The van der Waals surface area contributed by atoms with E-state index < -0.39 is 38.9 Å². The minimum Gasteiger partial charge on any atom is -0.761 e. The van der Waals surface area contributed by atoms with Crippen LogP contribution in [0.2, 0.25) is 0 Å². The van der Waals surface area contributed by atoms with E-state index in [1.165, 1.54) is 35.0 Å². The molecule has 1 saturated heterocycles. The fourth-order valence-corrected chi connectivity index (χ4v) is 4.67. The van der Waals surface area contributed by atoms with E-state index in [0.29, 0.717) is 16.3 Å². The van der Waals surface area contributed by atoms with Crippen LogP contribution >= 0.6 is 19.5 Å². The summed E-state index contributed by atoms with van der Waals surface area (Å²) in [6.07, 6.45) is 0.901. The Bertz CT molecular complexity index is 1100. The summed E-state index contributed by atoms with van der Waals surface area (Å²) in [5, 5.41) is 21.4. The number of nitrogens with two attached hydrogens (primary N) is 1. The molecule has 1 aliphatic heterocycles. The van der Waals surface area contributed by atoms with E-state index in [0.717, 1.165) is 22.8 Å². The van der Waals surface area contributed by atoms with Crippen LogP contribution in [0.3, 0.4) is 0 Å². The molecule has 4 rings (SSSR count). The number of anilines is 1. The molecule has 0 spiro atoms. The second-order valence-corrected chi connectivity index (χ2v) is 9.54. The SMILES string of the molecule is CCCSc1nc(N)c2ncn([C@@H]3O[C@H](COP(=O)([O-])n4ccnc4)[C@@H](O)[C@H]3O)c2n1.[Na+]. The van der Waals surface area contributed by atoms with Crippen LogP contribution in [0.15, 0.2) is 30.2 Å². The first-order chi connectivity index (χ1) is 14.8. The number of nitrogens with zero attached hydrogens (tertiary/aromatic N) is 6. The van der Waals surface area contributed by atoms with E-state index >= 15 is 0 Å². The zero-order chi connectivity index (χ0) is 22.2. The van der Waals surface area contributed by atoms with Crippen molar-refractivity contribution >= 4 is 36.5 Å². The van der Waals surface area contributed by atoms with Crippen molar-refractivity contribution in [1.29, 1.82) is 0 Å². The minimum absolute atomic E-state index is 0. The maximum atomic E-state index is 12.2. The van der Waals surface area contributed by atoms with Gasteiger partial charge in [0.05, 0.1) is 12.9 Å². The average molecular weight is 493 g/mol. The van der Waals surface area contributed by atoms with Crippen LogP contribution in [-0.2, 0) is 13.8 Å². The Balaban J connectivity index is 0.00000289. The number of imidazole rings is 2. The van der Waals surface area contributed by atoms with Crippen LogP contribution in [0.4, 0.5) is 5.82 Å². The van der Waals surface area contributed by atoms with Gasteiger partial charge in [-0.15, -0.1) is 0 Å². The molecule has 0 bridgehead atoms. The molecule has 0 radical (unpaired) electrons. The number of aromatic nitrogens is 6. The average Bonchev–Trinajstić information content (AvgIpc) is 3.47. The van der Waals surface area contributed by atoms with Gasteiger partial charge in [0.2, 0.25) is 7.75 Å². The van der Waals surface area contributed by atoms with E-state index in [9.17, 15) is 19.7 Å². The van der Waals surface area contributed by atoms with Gasteiger partial charge in [-0.1, -0.05) is 18.7 Å². The molecule has 0 saturated carbocycles. The van der Waals surface area contributed by atoms with Gasteiger partial charge in [0, 0.05) is 18.1 Å². The van der Waals surface area contributed by atoms with Gasteiger partial charge < -0.3 is 30.1 Å². The van der Waals surface area contributed by atoms with E-state index in [1.807, 2.05) is 6.92 Å². The molecule has 13 nitrogen and oxygen atoms in total. The van der Waals surface area contributed by atoms with Gasteiger partial charge in [0.15, 0.2) is 22.8 Å². The van der Waals surface area contributed by atoms with Crippen LogP contribution in [0.1, 0.15) is 19.6 Å². The second kappa shape index (κ2) is 10.5. The number of aliphatic hydroxyl groups is 2. The Morgan fingerprint density at radius 3 is 2.81 bits per heavy atom. The molecular formula is C16H21N7NaO6PS. The summed E-state index contributed by atoms with van der Waals surface area (Å²) in [6, 6.07) is 0. The molecule has 168 valence electrons. The molecule has 16 heteroatoms. The summed E-state index contributed by atoms with van der Waals surface area (Å²) in [6.45, 7) is 1.52. The van der Waals surface area contributed by atoms with Gasteiger partial charge in [-0.05, 0) is 6.42 Å². The molecule has 3 aromatic rings. The monoisotopic (exact) mass is 493 g/mol. The first kappa shape index (κ1) is 25.6. The predicted molar refractivity (Wildman–Crippen MR) is 108 cm³/mol. The summed E-state index contributed by atoms with van der Waals surface area (Å²) >= 11 is 1.43.